The third-order valence-corrected chi connectivity index (χ3v) is 4.04. The molecule has 0 spiro atoms. The molecule has 1 aliphatic carbocycles. The van der Waals surface area contributed by atoms with Gasteiger partial charge in [0.25, 0.3) is 0 Å². The van der Waals surface area contributed by atoms with Gasteiger partial charge >= 0.3 is 0 Å². The minimum Gasteiger partial charge on any atom is -0.349 e. The highest BCUT2D eigenvalue weighted by molar-refractivity contribution is 5.80. The SMILES string of the molecule is CN(C)C(=O)C1CCN(C(=O)CNCC2CC2)CC1. The third-order valence-electron chi connectivity index (χ3n) is 4.04. The largest absolute Gasteiger partial charge is 0.349 e. The van der Waals surface area contributed by atoms with Crippen molar-refractivity contribution < 1.29 is 9.59 Å². The van der Waals surface area contributed by atoms with E-state index in [0.717, 1.165) is 25.3 Å². The van der Waals surface area contributed by atoms with Crippen molar-refractivity contribution in [1.82, 2.24) is 15.1 Å². The minimum atomic E-state index is 0.0958. The number of carbonyl (C=O) groups excluding carboxylic acids is 2. The summed E-state index contributed by atoms with van der Waals surface area (Å²) in [7, 11) is 3.59. The highest BCUT2D eigenvalue weighted by Gasteiger charge is 2.28. The van der Waals surface area contributed by atoms with Crippen LogP contribution in [0.1, 0.15) is 25.7 Å². The van der Waals surface area contributed by atoms with Crippen LogP contribution in [0.5, 0.6) is 0 Å². The number of nitrogens with one attached hydrogen (secondary N) is 1. The van der Waals surface area contributed by atoms with E-state index in [1.807, 2.05) is 4.90 Å². The first-order chi connectivity index (χ1) is 9.08. The minimum absolute atomic E-state index is 0.0958. The molecule has 5 heteroatoms. The molecule has 1 saturated carbocycles. The average Bonchev–Trinajstić information content (AvgIpc) is 3.22. The second-order valence-electron chi connectivity index (χ2n) is 5.96. The van der Waals surface area contributed by atoms with Crippen molar-refractivity contribution in [3.63, 3.8) is 0 Å². The van der Waals surface area contributed by atoms with Gasteiger partial charge < -0.3 is 15.1 Å². The predicted molar refractivity (Wildman–Crippen MR) is 73.6 cm³/mol. The zero-order valence-electron chi connectivity index (χ0n) is 12.0. The smallest absolute Gasteiger partial charge is 0.236 e. The average molecular weight is 267 g/mol. The van der Waals surface area contributed by atoms with E-state index in [2.05, 4.69) is 5.32 Å². The summed E-state index contributed by atoms with van der Waals surface area (Å²) < 4.78 is 0. The number of likely N-dealkylation sites (tertiary alicyclic amines) is 1. The topological polar surface area (TPSA) is 52.7 Å². The lowest BCUT2D eigenvalue weighted by Crippen LogP contribution is -2.45. The maximum absolute atomic E-state index is 12.0. The Morgan fingerprint density at radius 1 is 1.16 bits per heavy atom. The highest BCUT2D eigenvalue weighted by Crippen LogP contribution is 2.27. The summed E-state index contributed by atoms with van der Waals surface area (Å²) in [5, 5.41) is 3.23. The molecule has 0 atom stereocenters. The van der Waals surface area contributed by atoms with E-state index in [1.165, 1.54) is 12.8 Å². The van der Waals surface area contributed by atoms with Crippen molar-refractivity contribution in [2.24, 2.45) is 11.8 Å². The first-order valence-corrected chi connectivity index (χ1v) is 7.27. The van der Waals surface area contributed by atoms with E-state index >= 15 is 0 Å². The predicted octanol–water partition coefficient (Wildman–Crippen LogP) is 0.313. The van der Waals surface area contributed by atoms with Gasteiger partial charge in [-0.1, -0.05) is 0 Å². The van der Waals surface area contributed by atoms with Crippen LogP contribution in [0.3, 0.4) is 0 Å². The van der Waals surface area contributed by atoms with Crippen LogP contribution < -0.4 is 5.32 Å². The van der Waals surface area contributed by atoms with Crippen LogP contribution in [-0.4, -0.2) is 61.9 Å². The highest BCUT2D eigenvalue weighted by atomic mass is 16.2. The van der Waals surface area contributed by atoms with Crippen LogP contribution in [0.15, 0.2) is 0 Å². The molecule has 2 rings (SSSR count). The van der Waals surface area contributed by atoms with Crippen LogP contribution >= 0.6 is 0 Å². The lowest BCUT2D eigenvalue weighted by atomic mass is 9.95. The summed E-state index contributed by atoms with van der Waals surface area (Å²) in [6.45, 7) is 2.85. The molecule has 5 nitrogen and oxygen atoms in total. The molecule has 0 aromatic heterocycles. The second kappa shape index (κ2) is 6.37. The van der Waals surface area contributed by atoms with Crippen molar-refractivity contribution in [2.45, 2.75) is 25.7 Å². The van der Waals surface area contributed by atoms with E-state index < -0.39 is 0 Å². The Labute approximate surface area is 115 Å². The number of rotatable bonds is 5. The van der Waals surface area contributed by atoms with Gasteiger partial charge in [-0.15, -0.1) is 0 Å². The Hall–Kier alpha value is -1.10. The van der Waals surface area contributed by atoms with E-state index in [4.69, 9.17) is 0 Å². The molecule has 1 saturated heterocycles. The summed E-state index contributed by atoms with van der Waals surface area (Å²) in [6, 6.07) is 0. The van der Waals surface area contributed by atoms with Crippen molar-refractivity contribution in [3.8, 4) is 0 Å². The molecular formula is C14H25N3O2. The van der Waals surface area contributed by atoms with Gasteiger partial charge in [-0.25, -0.2) is 0 Å². The molecule has 2 fully saturated rings. The number of hydrogen-bond acceptors (Lipinski definition) is 3. The normalized spacial score (nSPS) is 20.4. The van der Waals surface area contributed by atoms with E-state index in [9.17, 15) is 9.59 Å². The first kappa shape index (κ1) is 14.3. The van der Waals surface area contributed by atoms with Crippen LogP contribution in [-0.2, 0) is 9.59 Å². The fourth-order valence-electron chi connectivity index (χ4n) is 2.56. The molecule has 2 amide bonds. The van der Waals surface area contributed by atoms with Gasteiger partial charge in [-0.2, -0.15) is 0 Å². The van der Waals surface area contributed by atoms with Gasteiger partial charge in [-0.3, -0.25) is 9.59 Å². The molecule has 0 aromatic rings. The second-order valence-corrected chi connectivity index (χ2v) is 5.96. The molecular weight excluding hydrogens is 242 g/mol. The zero-order valence-corrected chi connectivity index (χ0v) is 12.0. The molecule has 1 heterocycles. The van der Waals surface area contributed by atoms with Gasteiger partial charge in [0.05, 0.1) is 6.54 Å². The standard InChI is InChI=1S/C14H25N3O2/c1-16(2)14(19)12-5-7-17(8-6-12)13(18)10-15-9-11-3-4-11/h11-12,15H,3-10H2,1-2H3. The van der Waals surface area contributed by atoms with Crippen molar-refractivity contribution in [1.29, 1.82) is 0 Å². The molecule has 2 aliphatic rings. The van der Waals surface area contributed by atoms with Crippen molar-refractivity contribution in [3.05, 3.63) is 0 Å². The summed E-state index contributed by atoms with van der Waals surface area (Å²) in [6.07, 6.45) is 4.20. The Bertz CT molecular complexity index is 332. The molecule has 0 unspecified atom stereocenters. The quantitative estimate of drug-likeness (QED) is 0.780. The van der Waals surface area contributed by atoms with E-state index in [0.29, 0.717) is 19.6 Å². The lowest BCUT2D eigenvalue weighted by Gasteiger charge is -2.32. The molecule has 0 bridgehead atoms. The fraction of sp³-hybridized carbons (Fsp3) is 0.857. The molecule has 19 heavy (non-hydrogen) atoms. The number of amides is 2. The maximum atomic E-state index is 12.0. The van der Waals surface area contributed by atoms with Gasteiger partial charge in [0.2, 0.25) is 11.8 Å². The molecule has 0 aromatic carbocycles. The van der Waals surface area contributed by atoms with Crippen LogP contribution in [0.2, 0.25) is 0 Å². The molecule has 1 aliphatic heterocycles. The number of carbonyl (C=O) groups is 2. The molecule has 0 radical (unpaired) electrons. The van der Waals surface area contributed by atoms with E-state index in [-0.39, 0.29) is 17.7 Å². The first-order valence-electron chi connectivity index (χ1n) is 7.27. The van der Waals surface area contributed by atoms with E-state index in [1.54, 1.807) is 19.0 Å². The monoisotopic (exact) mass is 267 g/mol. The zero-order chi connectivity index (χ0) is 13.8. The summed E-state index contributed by atoms with van der Waals surface area (Å²) in [5.41, 5.74) is 0. The fourth-order valence-corrected chi connectivity index (χ4v) is 2.56. The summed E-state index contributed by atoms with van der Waals surface area (Å²) >= 11 is 0. The molecule has 108 valence electrons. The summed E-state index contributed by atoms with van der Waals surface area (Å²) in [5.74, 6) is 1.27. The van der Waals surface area contributed by atoms with Crippen LogP contribution in [0.4, 0.5) is 0 Å². The Balaban J connectivity index is 1.66. The third kappa shape index (κ3) is 4.20. The maximum Gasteiger partial charge on any atom is 0.236 e. The number of hydrogen-bond donors (Lipinski definition) is 1. The van der Waals surface area contributed by atoms with Crippen molar-refractivity contribution in [2.75, 3.05) is 40.3 Å². The number of nitrogens with zero attached hydrogens (tertiary/aromatic N) is 2. The van der Waals surface area contributed by atoms with Gasteiger partial charge in [-0.05, 0) is 38.1 Å². The van der Waals surface area contributed by atoms with Crippen LogP contribution in [0.25, 0.3) is 0 Å². The van der Waals surface area contributed by atoms with Crippen molar-refractivity contribution >= 4 is 11.8 Å². The Kier molecular flexibility index (Phi) is 4.80. The van der Waals surface area contributed by atoms with Gasteiger partial charge in [0.1, 0.15) is 0 Å². The van der Waals surface area contributed by atoms with Crippen LogP contribution in [0, 0.1) is 11.8 Å². The molecule has 1 N–H and O–H groups in total. The Morgan fingerprint density at radius 2 is 1.79 bits per heavy atom. The van der Waals surface area contributed by atoms with Gasteiger partial charge in [0.15, 0.2) is 0 Å². The lowest BCUT2D eigenvalue weighted by molar-refractivity contribution is -0.138. The van der Waals surface area contributed by atoms with Gasteiger partial charge in [0, 0.05) is 33.1 Å². The number of piperidine rings is 1. The summed E-state index contributed by atoms with van der Waals surface area (Å²) in [4.78, 5) is 27.4. The Morgan fingerprint density at radius 3 is 2.32 bits per heavy atom.